The Labute approximate surface area is 155 Å². The fraction of sp³-hybridized carbons (Fsp3) is 0.864. The standard InChI is InChI=1S/C22H31NO3/c1-4-23-10-20(3)6-5-17(25)22-15(20)7-13(18(22)23)21-9-12(11(2)19(21)26)14(24)8-16(21)22/h12-13,15-19,25-26H,2,4-10H2,1,3H3/t12-,13-,15+,16+,17-,18?,19+,20-,21?,22-/m0/s1. The third-order valence-electron chi connectivity index (χ3n) is 10.4. The minimum Gasteiger partial charge on any atom is -0.392 e. The molecule has 1 aliphatic heterocycles. The van der Waals surface area contributed by atoms with Gasteiger partial charge in [-0.25, -0.2) is 0 Å². The van der Waals surface area contributed by atoms with E-state index in [0.29, 0.717) is 24.3 Å². The van der Waals surface area contributed by atoms with E-state index in [1.54, 1.807) is 0 Å². The number of nitrogens with zero attached hydrogens (tertiary/aromatic N) is 1. The van der Waals surface area contributed by atoms with Crippen molar-refractivity contribution >= 4 is 5.78 Å². The highest BCUT2D eigenvalue weighted by Gasteiger charge is 2.85. The van der Waals surface area contributed by atoms with E-state index in [4.69, 9.17) is 0 Å². The van der Waals surface area contributed by atoms with Gasteiger partial charge in [-0.1, -0.05) is 20.4 Å². The topological polar surface area (TPSA) is 60.8 Å². The van der Waals surface area contributed by atoms with Crippen molar-refractivity contribution < 1.29 is 15.0 Å². The molecule has 6 fully saturated rings. The molecule has 10 atom stereocenters. The molecule has 5 saturated carbocycles. The van der Waals surface area contributed by atoms with E-state index in [1.807, 2.05) is 0 Å². The van der Waals surface area contributed by atoms with E-state index >= 15 is 0 Å². The fourth-order valence-electron chi connectivity index (χ4n) is 9.75. The second kappa shape index (κ2) is 4.47. The number of rotatable bonds is 1. The van der Waals surface area contributed by atoms with E-state index in [-0.39, 0.29) is 40.0 Å². The molecule has 26 heavy (non-hydrogen) atoms. The molecule has 4 nitrogen and oxygen atoms in total. The second-order valence-corrected chi connectivity index (χ2v) is 10.7. The first-order chi connectivity index (χ1) is 12.3. The molecule has 0 aromatic carbocycles. The van der Waals surface area contributed by atoms with Crippen molar-refractivity contribution in [2.24, 2.45) is 39.9 Å². The third kappa shape index (κ3) is 1.33. The zero-order chi connectivity index (χ0) is 18.2. The molecular formula is C22H31NO3. The summed E-state index contributed by atoms with van der Waals surface area (Å²) in [5, 5.41) is 22.8. The molecule has 4 heteroatoms. The van der Waals surface area contributed by atoms with Gasteiger partial charge in [-0.2, -0.15) is 0 Å². The zero-order valence-electron chi connectivity index (χ0n) is 15.9. The van der Waals surface area contributed by atoms with Crippen LogP contribution in [0.25, 0.3) is 0 Å². The number of carbonyl (C=O) groups is 1. The highest BCUT2D eigenvalue weighted by Crippen LogP contribution is 2.83. The van der Waals surface area contributed by atoms with Gasteiger partial charge in [0.05, 0.1) is 12.2 Å². The van der Waals surface area contributed by atoms with Crippen molar-refractivity contribution in [3.8, 4) is 0 Å². The van der Waals surface area contributed by atoms with E-state index in [1.165, 1.54) is 0 Å². The predicted molar refractivity (Wildman–Crippen MR) is 97.2 cm³/mol. The number of aliphatic hydroxyl groups excluding tert-OH is 2. The summed E-state index contributed by atoms with van der Waals surface area (Å²) >= 11 is 0. The van der Waals surface area contributed by atoms with Gasteiger partial charge in [0.25, 0.3) is 0 Å². The molecular weight excluding hydrogens is 326 g/mol. The van der Waals surface area contributed by atoms with E-state index in [9.17, 15) is 15.0 Å². The van der Waals surface area contributed by atoms with Gasteiger partial charge in [0.1, 0.15) is 5.78 Å². The Bertz CT molecular complexity index is 735. The first kappa shape index (κ1) is 16.3. The number of carbonyl (C=O) groups excluding carboxylic acids is 1. The summed E-state index contributed by atoms with van der Waals surface area (Å²) in [5.74, 6) is 1.16. The van der Waals surface area contributed by atoms with Gasteiger partial charge >= 0.3 is 0 Å². The number of likely N-dealkylation sites (tertiary alicyclic amines) is 1. The molecule has 0 aromatic heterocycles. The van der Waals surface area contributed by atoms with Crippen molar-refractivity contribution in [1.29, 1.82) is 0 Å². The maximum atomic E-state index is 13.0. The monoisotopic (exact) mass is 357 g/mol. The molecule has 0 radical (unpaired) electrons. The minimum atomic E-state index is -0.561. The van der Waals surface area contributed by atoms with Crippen LogP contribution in [0.5, 0.6) is 0 Å². The molecule has 7 bridgehead atoms. The van der Waals surface area contributed by atoms with Crippen molar-refractivity contribution in [3.05, 3.63) is 12.2 Å². The third-order valence-corrected chi connectivity index (χ3v) is 10.4. The number of fused-ring (bicyclic) bond motifs is 1. The lowest BCUT2D eigenvalue weighted by Crippen LogP contribution is -2.68. The van der Waals surface area contributed by atoms with Gasteiger partial charge in [0, 0.05) is 35.8 Å². The normalized spacial score (nSPS) is 62.7. The highest BCUT2D eigenvalue weighted by molar-refractivity contribution is 5.87. The SMILES string of the molecule is C=C1[C@@H]2CC3([C@@H]1O)[C@@H](CC2=O)[C@@]12C4[C@@H]3C[C@@H]1[C@@](C)(CC[C@@H]2O)CN4CC. The summed E-state index contributed by atoms with van der Waals surface area (Å²) in [7, 11) is 0. The average molecular weight is 357 g/mol. The number of hydrogen-bond donors (Lipinski definition) is 2. The Balaban J connectivity index is 1.62. The molecule has 0 amide bonds. The highest BCUT2D eigenvalue weighted by atomic mass is 16.3. The quantitative estimate of drug-likeness (QED) is 0.705. The number of piperidine rings is 1. The van der Waals surface area contributed by atoms with Crippen LogP contribution in [0.2, 0.25) is 0 Å². The second-order valence-electron chi connectivity index (χ2n) is 10.7. The molecule has 1 saturated heterocycles. The van der Waals surface area contributed by atoms with Crippen LogP contribution in [-0.4, -0.2) is 52.2 Å². The molecule has 6 rings (SSSR count). The predicted octanol–water partition coefficient (Wildman–Crippen LogP) is 2.00. The maximum absolute atomic E-state index is 13.0. The number of Topliss-reactive ketones (excluding diaryl/α,β-unsaturated/α-hetero) is 1. The summed E-state index contributed by atoms with van der Waals surface area (Å²) in [5.41, 5.74) is 0.598. The van der Waals surface area contributed by atoms with Crippen molar-refractivity contribution in [2.45, 2.75) is 64.2 Å². The molecule has 142 valence electrons. The van der Waals surface area contributed by atoms with Gasteiger partial charge in [-0.3, -0.25) is 9.69 Å². The molecule has 6 aliphatic rings. The summed E-state index contributed by atoms with van der Waals surface area (Å²) in [4.78, 5) is 15.6. The van der Waals surface area contributed by atoms with Gasteiger partial charge in [0.2, 0.25) is 0 Å². The van der Waals surface area contributed by atoms with Crippen molar-refractivity contribution in [2.75, 3.05) is 13.1 Å². The van der Waals surface area contributed by atoms with Crippen molar-refractivity contribution in [1.82, 2.24) is 4.90 Å². The van der Waals surface area contributed by atoms with Crippen LogP contribution in [0, 0.1) is 39.9 Å². The van der Waals surface area contributed by atoms with Crippen LogP contribution >= 0.6 is 0 Å². The Morgan fingerprint density at radius 1 is 1.31 bits per heavy atom. The van der Waals surface area contributed by atoms with Crippen LogP contribution < -0.4 is 0 Å². The summed E-state index contributed by atoms with van der Waals surface area (Å²) in [6.07, 6.45) is 3.50. The Morgan fingerprint density at radius 2 is 2.08 bits per heavy atom. The summed E-state index contributed by atoms with van der Waals surface area (Å²) < 4.78 is 0. The largest absolute Gasteiger partial charge is 0.392 e. The van der Waals surface area contributed by atoms with Crippen molar-refractivity contribution in [3.63, 3.8) is 0 Å². The van der Waals surface area contributed by atoms with Crippen LogP contribution in [0.4, 0.5) is 0 Å². The lowest BCUT2D eigenvalue weighted by atomic mass is 9.43. The molecule has 0 aromatic rings. The van der Waals surface area contributed by atoms with Crippen LogP contribution in [0.15, 0.2) is 12.2 Å². The molecule has 2 spiro atoms. The molecule has 2 unspecified atom stereocenters. The Morgan fingerprint density at radius 3 is 2.81 bits per heavy atom. The molecule has 5 aliphatic carbocycles. The lowest BCUT2D eigenvalue weighted by Gasteiger charge is -2.65. The number of ketones is 1. The van der Waals surface area contributed by atoms with Gasteiger partial charge in [0.15, 0.2) is 0 Å². The number of hydrogen-bond acceptors (Lipinski definition) is 4. The fourth-order valence-corrected chi connectivity index (χ4v) is 9.75. The first-order valence-corrected chi connectivity index (χ1v) is 10.6. The smallest absolute Gasteiger partial charge is 0.140 e. The summed E-state index contributed by atoms with van der Waals surface area (Å²) in [6, 6.07) is 0.331. The van der Waals surface area contributed by atoms with E-state index in [2.05, 4.69) is 25.3 Å². The van der Waals surface area contributed by atoms with E-state index in [0.717, 1.165) is 44.3 Å². The van der Waals surface area contributed by atoms with Gasteiger partial charge < -0.3 is 10.2 Å². The minimum absolute atomic E-state index is 0.130. The first-order valence-electron chi connectivity index (χ1n) is 10.6. The van der Waals surface area contributed by atoms with Gasteiger partial charge in [-0.15, -0.1) is 0 Å². The van der Waals surface area contributed by atoms with Gasteiger partial charge in [-0.05, 0) is 61.0 Å². The Kier molecular flexibility index (Phi) is 2.80. The van der Waals surface area contributed by atoms with Crippen LogP contribution in [-0.2, 0) is 4.79 Å². The molecule has 1 heterocycles. The molecule has 2 N–H and O–H groups in total. The number of aliphatic hydroxyl groups is 2. The lowest BCUT2D eigenvalue weighted by molar-refractivity contribution is -0.211. The Hall–Kier alpha value is -0.710. The van der Waals surface area contributed by atoms with Crippen LogP contribution in [0.1, 0.15) is 46.0 Å². The summed E-state index contributed by atoms with van der Waals surface area (Å²) in [6.45, 7) is 10.9. The van der Waals surface area contributed by atoms with Crippen LogP contribution in [0.3, 0.4) is 0 Å². The van der Waals surface area contributed by atoms with E-state index < -0.39 is 6.10 Å². The average Bonchev–Trinajstić information content (AvgIpc) is 3.14. The zero-order valence-corrected chi connectivity index (χ0v) is 15.9. The maximum Gasteiger partial charge on any atom is 0.140 e.